The van der Waals surface area contributed by atoms with E-state index in [0.29, 0.717) is 28.8 Å². The number of benzene rings is 2. The summed E-state index contributed by atoms with van der Waals surface area (Å²) in [7, 11) is -2.19. The van der Waals surface area contributed by atoms with E-state index >= 15 is 0 Å². The molecule has 0 bridgehead atoms. The van der Waals surface area contributed by atoms with Crippen LogP contribution in [0.2, 0.25) is 0 Å². The predicted octanol–water partition coefficient (Wildman–Crippen LogP) is 4.32. The summed E-state index contributed by atoms with van der Waals surface area (Å²) in [5.74, 6) is 0.979. The highest BCUT2D eigenvalue weighted by molar-refractivity contribution is 7.89. The van der Waals surface area contributed by atoms with Crippen molar-refractivity contribution in [1.29, 1.82) is 0 Å². The highest BCUT2D eigenvalue weighted by atomic mass is 35.5. The summed E-state index contributed by atoms with van der Waals surface area (Å²) in [5, 5.41) is 6.33. The fourth-order valence-corrected chi connectivity index (χ4v) is 3.90. The molecule has 0 radical (unpaired) electrons. The Morgan fingerprint density at radius 2 is 1.66 bits per heavy atom. The number of sulfonamides is 1. The lowest BCUT2D eigenvalue weighted by Gasteiger charge is -2.16. The van der Waals surface area contributed by atoms with Gasteiger partial charge in [-0.2, -0.15) is 4.98 Å². The van der Waals surface area contributed by atoms with E-state index in [1.54, 1.807) is 48.9 Å². The standard InChI is InChI=1S/C23H22FN7O2S.ClH/c1-15(16-3-7-18(24)8-4-16)28-23-29-20(13-21(31-23)30-22-14-26-11-12-27-22)17-5-9-19(10-6-17)34(32,33)25-2;/h3-15,25H,1-2H3,(H2,27,28,29,30,31);1H. The maximum absolute atomic E-state index is 13.3. The van der Waals surface area contributed by atoms with Crippen molar-refractivity contribution in [3.05, 3.63) is 84.6 Å². The molecule has 0 aliphatic rings. The monoisotopic (exact) mass is 515 g/mol. The van der Waals surface area contributed by atoms with Crippen LogP contribution in [0.3, 0.4) is 0 Å². The van der Waals surface area contributed by atoms with Crippen molar-refractivity contribution >= 4 is 40.0 Å². The van der Waals surface area contributed by atoms with Crippen LogP contribution in [0, 0.1) is 5.82 Å². The maximum atomic E-state index is 13.3. The normalized spacial score (nSPS) is 11.9. The zero-order chi connectivity index (χ0) is 24.1. The van der Waals surface area contributed by atoms with Gasteiger partial charge in [-0.05, 0) is 43.8 Å². The summed E-state index contributed by atoms with van der Waals surface area (Å²) in [6.07, 6.45) is 4.68. The topological polar surface area (TPSA) is 122 Å². The summed E-state index contributed by atoms with van der Waals surface area (Å²) in [5.41, 5.74) is 2.11. The van der Waals surface area contributed by atoms with E-state index in [9.17, 15) is 12.8 Å². The number of rotatable bonds is 8. The number of nitrogens with zero attached hydrogens (tertiary/aromatic N) is 4. The molecule has 3 N–H and O–H groups in total. The van der Waals surface area contributed by atoms with Crippen molar-refractivity contribution in [2.45, 2.75) is 17.9 Å². The van der Waals surface area contributed by atoms with Gasteiger partial charge >= 0.3 is 0 Å². The molecule has 0 saturated carbocycles. The van der Waals surface area contributed by atoms with Crippen LogP contribution in [0.25, 0.3) is 11.3 Å². The van der Waals surface area contributed by atoms with Gasteiger partial charge in [0.25, 0.3) is 0 Å². The Labute approximate surface area is 208 Å². The number of hydrogen-bond acceptors (Lipinski definition) is 8. The Hall–Kier alpha value is -3.67. The molecule has 0 spiro atoms. The molecule has 1 unspecified atom stereocenters. The highest BCUT2D eigenvalue weighted by Gasteiger charge is 2.14. The predicted molar refractivity (Wildman–Crippen MR) is 135 cm³/mol. The first-order valence-electron chi connectivity index (χ1n) is 10.3. The van der Waals surface area contributed by atoms with Gasteiger partial charge in [0.05, 0.1) is 22.8 Å². The van der Waals surface area contributed by atoms with E-state index in [1.807, 2.05) is 6.92 Å². The quantitative estimate of drug-likeness (QED) is 0.317. The van der Waals surface area contributed by atoms with E-state index in [0.717, 1.165) is 5.56 Å². The Morgan fingerprint density at radius 1 is 0.943 bits per heavy atom. The summed E-state index contributed by atoms with van der Waals surface area (Å²) in [6, 6.07) is 14.1. The number of halogens is 2. The molecule has 2 heterocycles. The average Bonchev–Trinajstić information content (AvgIpc) is 2.85. The second-order valence-corrected chi connectivity index (χ2v) is 9.21. The summed E-state index contributed by atoms with van der Waals surface area (Å²) < 4.78 is 39.7. The SMILES string of the molecule is CNS(=O)(=O)c1ccc(-c2cc(Nc3cnccn3)nc(NC(C)c3ccc(F)cc3)n2)cc1.Cl. The lowest BCUT2D eigenvalue weighted by atomic mass is 10.1. The largest absolute Gasteiger partial charge is 0.348 e. The van der Waals surface area contributed by atoms with Crippen LogP contribution in [0.4, 0.5) is 22.0 Å². The van der Waals surface area contributed by atoms with Crippen LogP contribution in [-0.2, 0) is 10.0 Å². The molecule has 9 nitrogen and oxygen atoms in total. The van der Waals surface area contributed by atoms with Gasteiger partial charge in [-0.3, -0.25) is 4.98 Å². The van der Waals surface area contributed by atoms with Gasteiger partial charge in [-0.25, -0.2) is 27.5 Å². The lowest BCUT2D eigenvalue weighted by molar-refractivity contribution is 0.588. The van der Waals surface area contributed by atoms with E-state index in [4.69, 9.17) is 0 Å². The maximum Gasteiger partial charge on any atom is 0.240 e. The molecule has 12 heteroatoms. The molecule has 2 aromatic heterocycles. The number of hydrogen-bond donors (Lipinski definition) is 3. The van der Waals surface area contributed by atoms with E-state index in [1.165, 1.54) is 31.3 Å². The van der Waals surface area contributed by atoms with Crippen molar-refractivity contribution < 1.29 is 12.8 Å². The number of nitrogens with one attached hydrogen (secondary N) is 3. The van der Waals surface area contributed by atoms with Crippen molar-refractivity contribution in [1.82, 2.24) is 24.7 Å². The van der Waals surface area contributed by atoms with E-state index in [-0.39, 0.29) is 29.2 Å². The Morgan fingerprint density at radius 3 is 2.29 bits per heavy atom. The molecule has 0 fully saturated rings. The second kappa shape index (κ2) is 11.2. The van der Waals surface area contributed by atoms with E-state index in [2.05, 4.69) is 35.3 Å². The molecule has 4 aromatic rings. The fourth-order valence-electron chi connectivity index (χ4n) is 3.17. The second-order valence-electron chi connectivity index (χ2n) is 7.33. The van der Waals surface area contributed by atoms with Crippen molar-refractivity contribution in [2.75, 3.05) is 17.7 Å². The third-order valence-electron chi connectivity index (χ3n) is 4.99. The zero-order valence-electron chi connectivity index (χ0n) is 18.8. The summed E-state index contributed by atoms with van der Waals surface area (Å²) in [6.45, 7) is 1.91. The molecule has 4 rings (SSSR count). The van der Waals surface area contributed by atoms with Crippen LogP contribution in [0.15, 0.2) is 78.1 Å². The Balaban J connectivity index is 0.00000342. The first-order chi connectivity index (χ1) is 16.3. The molecule has 0 aliphatic heterocycles. The lowest BCUT2D eigenvalue weighted by Crippen LogP contribution is -2.18. The van der Waals surface area contributed by atoms with Gasteiger partial charge in [0.1, 0.15) is 17.5 Å². The first kappa shape index (κ1) is 25.9. The third kappa shape index (κ3) is 6.47. The fraction of sp³-hybridized carbons (Fsp3) is 0.130. The van der Waals surface area contributed by atoms with E-state index < -0.39 is 10.0 Å². The van der Waals surface area contributed by atoms with Crippen LogP contribution >= 0.6 is 12.4 Å². The van der Waals surface area contributed by atoms with Gasteiger partial charge in [-0.1, -0.05) is 24.3 Å². The smallest absolute Gasteiger partial charge is 0.240 e. The first-order valence-corrected chi connectivity index (χ1v) is 11.8. The number of anilines is 3. The van der Waals surface area contributed by atoms with Crippen LogP contribution in [0.5, 0.6) is 0 Å². The van der Waals surface area contributed by atoms with Gasteiger partial charge in [-0.15, -0.1) is 12.4 Å². The van der Waals surface area contributed by atoms with Crippen LogP contribution in [-0.4, -0.2) is 35.4 Å². The molecular formula is C23H23ClFN7O2S. The minimum Gasteiger partial charge on any atom is -0.348 e. The molecular weight excluding hydrogens is 493 g/mol. The van der Waals surface area contributed by atoms with Crippen LogP contribution < -0.4 is 15.4 Å². The Kier molecular flexibility index (Phi) is 8.28. The van der Waals surface area contributed by atoms with Gasteiger partial charge in [0, 0.05) is 24.0 Å². The van der Waals surface area contributed by atoms with Gasteiger partial charge in [0.15, 0.2) is 0 Å². The third-order valence-corrected chi connectivity index (χ3v) is 6.42. The average molecular weight is 516 g/mol. The van der Waals surface area contributed by atoms with Crippen molar-refractivity contribution in [3.63, 3.8) is 0 Å². The molecule has 182 valence electrons. The molecule has 2 aromatic carbocycles. The molecule has 1 atom stereocenters. The molecule has 0 saturated heterocycles. The number of aromatic nitrogens is 4. The van der Waals surface area contributed by atoms with Crippen LogP contribution in [0.1, 0.15) is 18.5 Å². The van der Waals surface area contributed by atoms with Crippen molar-refractivity contribution in [2.24, 2.45) is 0 Å². The zero-order valence-corrected chi connectivity index (χ0v) is 20.4. The minimum atomic E-state index is -3.55. The van der Waals surface area contributed by atoms with Crippen molar-refractivity contribution in [3.8, 4) is 11.3 Å². The minimum absolute atomic E-state index is 0. The Bertz CT molecular complexity index is 1370. The summed E-state index contributed by atoms with van der Waals surface area (Å²) >= 11 is 0. The molecule has 35 heavy (non-hydrogen) atoms. The molecule has 0 aliphatic carbocycles. The highest BCUT2D eigenvalue weighted by Crippen LogP contribution is 2.26. The van der Waals surface area contributed by atoms with Gasteiger partial charge < -0.3 is 10.6 Å². The van der Waals surface area contributed by atoms with Gasteiger partial charge in [0.2, 0.25) is 16.0 Å². The molecule has 0 amide bonds. The summed E-state index contributed by atoms with van der Waals surface area (Å²) in [4.78, 5) is 17.5.